The summed E-state index contributed by atoms with van der Waals surface area (Å²) in [6.45, 7) is 5.75. The van der Waals surface area contributed by atoms with Crippen molar-refractivity contribution in [2.45, 2.75) is 82.5 Å². The first kappa shape index (κ1) is 20.6. The van der Waals surface area contributed by atoms with E-state index in [0.29, 0.717) is 6.42 Å². The Balaban J connectivity index is 4.32. The van der Waals surface area contributed by atoms with E-state index in [2.05, 4.69) is 32.2 Å². The van der Waals surface area contributed by atoms with Gasteiger partial charge in [0.15, 0.2) is 0 Å². The van der Waals surface area contributed by atoms with Gasteiger partial charge in [0.2, 0.25) is 6.29 Å². The van der Waals surface area contributed by atoms with Crippen LogP contribution in [0.1, 0.15) is 65.7 Å². The highest BCUT2D eigenvalue weighted by Gasteiger charge is 2.20. The van der Waals surface area contributed by atoms with Gasteiger partial charge < -0.3 is 9.47 Å². The zero-order chi connectivity index (χ0) is 16.3. The van der Waals surface area contributed by atoms with E-state index in [1.807, 2.05) is 13.8 Å². The normalized spacial score (nSPS) is 15.1. The Bertz CT molecular complexity index is 282. The Morgan fingerprint density at radius 3 is 1.76 bits per heavy atom. The fourth-order valence-electron chi connectivity index (χ4n) is 1.75. The second-order valence-corrected chi connectivity index (χ2v) is 7.13. The average Bonchev–Trinajstić information content (AvgIpc) is 2.32. The number of rotatable bonds is 11. The maximum atomic E-state index is 11.7. The summed E-state index contributed by atoms with van der Waals surface area (Å²) in [5.41, 5.74) is 0. The Morgan fingerprint density at radius 2 is 1.38 bits per heavy atom. The molecule has 0 fully saturated rings. The lowest BCUT2D eigenvalue weighted by Gasteiger charge is -2.19. The zero-order valence-corrected chi connectivity index (χ0v) is 15.0. The molecule has 0 aliphatic heterocycles. The van der Waals surface area contributed by atoms with Gasteiger partial charge in [-0.05, 0) is 6.42 Å². The maximum Gasteiger partial charge on any atom is 0.309 e. The van der Waals surface area contributed by atoms with Gasteiger partial charge in [0.25, 0.3) is 0 Å². The molecule has 0 radical (unpaired) electrons. The molecule has 124 valence electrons. The molecule has 0 amide bonds. The molecule has 0 aromatic rings. The van der Waals surface area contributed by atoms with Gasteiger partial charge in [-0.3, -0.25) is 9.59 Å². The molecule has 0 rings (SSSR count). The predicted octanol–water partition coefficient (Wildman–Crippen LogP) is 3.79. The maximum absolute atomic E-state index is 11.7. The van der Waals surface area contributed by atoms with Crippen LogP contribution in [0.4, 0.5) is 0 Å². The fourth-order valence-corrected chi connectivity index (χ4v) is 2.05. The number of unbranched alkanes of at least 4 members (excludes halogenated alkanes) is 3. The molecule has 0 spiro atoms. The first-order valence-electron chi connectivity index (χ1n) is 7.60. The molecule has 0 aromatic heterocycles. The largest absolute Gasteiger partial charge is 0.425 e. The minimum atomic E-state index is -0.791. The summed E-state index contributed by atoms with van der Waals surface area (Å²) in [7, 11) is 0. The third-order valence-corrected chi connectivity index (χ3v) is 3.11. The molecule has 0 saturated carbocycles. The number of hydrogen-bond donors (Lipinski definition) is 2. The standard InChI is InChI=1S/C15H28O4S2/c1-4-5-6-7-8-15(18-13(16)9-11(2)20)19-14(17)10-12(3)21/h11-12,15,20-21H,4-10H2,1-3H3. The highest BCUT2D eigenvalue weighted by molar-refractivity contribution is 7.81. The molecule has 0 heterocycles. The lowest BCUT2D eigenvalue weighted by molar-refractivity contribution is -0.189. The third-order valence-electron chi connectivity index (χ3n) is 2.74. The van der Waals surface area contributed by atoms with Crippen LogP contribution in [0.2, 0.25) is 0 Å². The van der Waals surface area contributed by atoms with Crippen molar-refractivity contribution in [3.05, 3.63) is 0 Å². The summed E-state index contributed by atoms with van der Waals surface area (Å²) < 4.78 is 10.5. The third kappa shape index (κ3) is 13.1. The van der Waals surface area contributed by atoms with E-state index in [9.17, 15) is 9.59 Å². The van der Waals surface area contributed by atoms with Crippen molar-refractivity contribution in [2.24, 2.45) is 0 Å². The SMILES string of the molecule is CCCCCCC(OC(=O)CC(C)S)OC(=O)CC(C)S. The summed E-state index contributed by atoms with van der Waals surface area (Å²) in [5, 5.41) is -0.155. The van der Waals surface area contributed by atoms with Crippen molar-refractivity contribution in [1.29, 1.82) is 0 Å². The lowest BCUT2D eigenvalue weighted by atomic mass is 10.1. The van der Waals surface area contributed by atoms with Crippen molar-refractivity contribution >= 4 is 37.2 Å². The van der Waals surface area contributed by atoms with Crippen molar-refractivity contribution in [3.8, 4) is 0 Å². The first-order valence-corrected chi connectivity index (χ1v) is 8.63. The highest BCUT2D eigenvalue weighted by atomic mass is 32.1. The van der Waals surface area contributed by atoms with Gasteiger partial charge in [-0.15, -0.1) is 0 Å². The molecule has 4 nitrogen and oxygen atoms in total. The summed E-state index contributed by atoms with van der Waals surface area (Å²) in [4.78, 5) is 23.4. The van der Waals surface area contributed by atoms with Crippen LogP contribution in [0.15, 0.2) is 0 Å². The number of carbonyl (C=O) groups excluding carboxylic acids is 2. The van der Waals surface area contributed by atoms with Gasteiger partial charge in [0.1, 0.15) is 0 Å². The average molecular weight is 337 g/mol. The zero-order valence-electron chi connectivity index (χ0n) is 13.2. The molecule has 0 aliphatic carbocycles. The van der Waals surface area contributed by atoms with Gasteiger partial charge in [-0.2, -0.15) is 25.3 Å². The van der Waals surface area contributed by atoms with Gasteiger partial charge in [-0.25, -0.2) is 0 Å². The van der Waals surface area contributed by atoms with E-state index in [-0.39, 0.29) is 35.3 Å². The van der Waals surface area contributed by atoms with Crippen LogP contribution in [-0.4, -0.2) is 28.7 Å². The van der Waals surface area contributed by atoms with Crippen LogP contribution in [-0.2, 0) is 19.1 Å². The lowest BCUT2D eigenvalue weighted by Crippen LogP contribution is -2.26. The Morgan fingerprint density at radius 1 is 0.905 bits per heavy atom. The second-order valence-electron chi connectivity index (χ2n) is 5.36. The second kappa shape index (κ2) is 12.2. The van der Waals surface area contributed by atoms with E-state index in [1.54, 1.807) is 0 Å². The minimum absolute atomic E-state index is 0.0774. The number of carbonyl (C=O) groups is 2. The number of thiol groups is 2. The van der Waals surface area contributed by atoms with Crippen LogP contribution in [0.3, 0.4) is 0 Å². The van der Waals surface area contributed by atoms with Crippen molar-refractivity contribution in [3.63, 3.8) is 0 Å². The molecule has 0 N–H and O–H groups in total. The van der Waals surface area contributed by atoms with Crippen molar-refractivity contribution < 1.29 is 19.1 Å². The van der Waals surface area contributed by atoms with E-state index in [0.717, 1.165) is 25.7 Å². The molecule has 2 atom stereocenters. The van der Waals surface area contributed by atoms with Crippen LogP contribution in [0.5, 0.6) is 0 Å². The molecule has 0 saturated heterocycles. The number of esters is 2. The number of hydrogen-bond acceptors (Lipinski definition) is 6. The van der Waals surface area contributed by atoms with E-state index in [4.69, 9.17) is 9.47 Å². The smallest absolute Gasteiger partial charge is 0.309 e. The molecule has 0 aromatic carbocycles. The topological polar surface area (TPSA) is 52.6 Å². The Hall–Kier alpha value is -0.360. The summed E-state index contributed by atoms with van der Waals surface area (Å²) in [5.74, 6) is -0.769. The molecule has 0 bridgehead atoms. The van der Waals surface area contributed by atoms with Gasteiger partial charge in [0, 0.05) is 16.9 Å². The summed E-state index contributed by atoms with van der Waals surface area (Å²) in [6, 6.07) is 0. The molecule has 6 heteroatoms. The highest BCUT2D eigenvalue weighted by Crippen LogP contribution is 2.14. The van der Waals surface area contributed by atoms with Crippen LogP contribution < -0.4 is 0 Å². The van der Waals surface area contributed by atoms with Gasteiger partial charge >= 0.3 is 11.9 Å². The van der Waals surface area contributed by atoms with Crippen molar-refractivity contribution in [1.82, 2.24) is 0 Å². The Labute approximate surface area is 139 Å². The van der Waals surface area contributed by atoms with Crippen LogP contribution >= 0.6 is 25.3 Å². The fraction of sp³-hybridized carbons (Fsp3) is 0.867. The monoisotopic (exact) mass is 336 g/mol. The van der Waals surface area contributed by atoms with E-state index < -0.39 is 6.29 Å². The van der Waals surface area contributed by atoms with Crippen LogP contribution in [0, 0.1) is 0 Å². The molecule has 21 heavy (non-hydrogen) atoms. The molecular formula is C15H28O4S2. The first-order chi connectivity index (χ1) is 9.85. The van der Waals surface area contributed by atoms with Gasteiger partial charge in [0.05, 0.1) is 12.8 Å². The van der Waals surface area contributed by atoms with Crippen molar-refractivity contribution in [2.75, 3.05) is 0 Å². The molecule has 0 aliphatic rings. The van der Waals surface area contributed by atoms with E-state index in [1.165, 1.54) is 0 Å². The summed E-state index contributed by atoms with van der Waals surface area (Å²) in [6.07, 6.45) is 4.30. The Kier molecular flexibility index (Phi) is 12.0. The molecular weight excluding hydrogens is 308 g/mol. The predicted molar refractivity (Wildman–Crippen MR) is 90.9 cm³/mol. The molecule has 2 unspecified atom stereocenters. The summed E-state index contributed by atoms with van der Waals surface area (Å²) >= 11 is 8.31. The van der Waals surface area contributed by atoms with Gasteiger partial charge in [-0.1, -0.05) is 40.0 Å². The van der Waals surface area contributed by atoms with E-state index >= 15 is 0 Å². The minimum Gasteiger partial charge on any atom is -0.425 e. The number of ether oxygens (including phenoxy) is 2. The quantitative estimate of drug-likeness (QED) is 0.261. The van der Waals surface area contributed by atoms with Crippen LogP contribution in [0.25, 0.3) is 0 Å².